The molecule has 2 amide bonds. The lowest BCUT2D eigenvalue weighted by molar-refractivity contribution is -0.142. The van der Waals surface area contributed by atoms with Crippen LogP contribution in [-0.4, -0.2) is 36.2 Å². The first-order valence-electron chi connectivity index (χ1n) is 11.4. The minimum Gasteiger partial charge on any atom is -0.479 e. The second kappa shape index (κ2) is 10.3. The van der Waals surface area contributed by atoms with Crippen molar-refractivity contribution < 1.29 is 24.2 Å². The molecule has 0 fully saturated rings. The molecule has 182 valence electrons. The van der Waals surface area contributed by atoms with Gasteiger partial charge in [0, 0.05) is 23.8 Å². The SMILES string of the molecule is CC(C)(CNC(=O)OCC1c2ccccc2-c2ccccc21)CC(=O)NC(C(=O)O)c1cccs1. The van der Waals surface area contributed by atoms with Gasteiger partial charge < -0.3 is 20.5 Å². The van der Waals surface area contributed by atoms with Gasteiger partial charge in [0.15, 0.2) is 6.04 Å². The fourth-order valence-corrected chi connectivity index (χ4v) is 5.15. The molecule has 7 nitrogen and oxygen atoms in total. The lowest BCUT2D eigenvalue weighted by atomic mass is 9.89. The second-order valence-electron chi connectivity index (χ2n) is 9.37. The predicted octanol–water partition coefficient (Wildman–Crippen LogP) is 4.95. The molecule has 1 aromatic heterocycles. The topological polar surface area (TPSA) is 105 Å². The van der Waals surface area contributed by atoms with Gasteiger partial charge in [-0.05, 0) is 39.1 Å². The Balaban J connectivity index is 1.29. The van der Waals surface area contributed by atoms with E-state index < -0.39 is 29.4 Å². The highest BCUT2D eigenvalue weighted by Gasteiger charge is 2.30. The van der Waals surface area contributed by atoms with E-state index in [4.69, 9.17) is 4.74 Å². The van der Waals surface area contributed by atoms with Crippen LogP contribution < -0.4 is 10.6 Å². The molecule has 2 aromatic carbocycles. The minimum absolute atomic E-state index is 0.0304. The number of alkyl carbamates (subject to hydrolysis) is 1. The fraction of sp³-hybridized carbons (Fsp3) is 0.296. The van der Waals surface area contributed by atoms with Crippen molar-refractivity contribution >= 4 is 29.3 Å². The highest BCUT2D eigenvalue weighted by atomic mass is 32.1. The van der Waals surface area contributed by atoms with Crippen molar-refractivity contribution in [3.8, 4) is 11.1 Å². The van der Waals surface area contributed by atoms with E-state index in [1.165, 1.54) is 11.3 Å². The van der Waals surface area contributed by atoms with Gasteiger partial charge in [0.1, 0.15) is 6.61 Å². The number of fused-ring (bicyclic) bond motifs is 3. The fourth-order valence-electron chi connectivity index (χ4n) is 4.38. The van der Waals surface area contributed by atoms with Gasteiger partial charge in [0.05, 0.1) is 0 Å². The average molecular weight is 493 g/mol. The van der Waals surface area contributed by atoms with Gasteiger partial charge >= 0.3 is 12.1 Å². The Hall–Kier alpha value is -3.65. The Bertz CT molecular complexity index is 1180. The maximum Gasteiger partial charge on any atom is 0.407 e. The van der Waals surface area contributed by atoms with Gasteiger partial charge in [-0.1, -0.05) is 68.4 Å². The van der Waals surface area contributed by atoms with Crippen LogP contribution in [0.15, 0.2) is 66.0 Å². The normalized spacial score (nSPS) is 13.4. The van der Waals surface area contributed by atoms with Gasteiger partial charge in [-0.2, -0.15) is 0 Å². The Morgan fingerprint density at radius 3 is 2.20 bits per heavy atom. The number of thiophene rings is 1. The number of hydrogen-bond acceptors (Lipinski definition) is 5. The third kappa shape index (κ3) is 5.71. The molecular formula is C27H28N2O5S. The van der Waals surface area contributed by atoms with Crippen LogP contribution in [0.5, 0.6) is 0 Å². The van der Waals surface area contributed by atoms with Crippen LogP contribution in [0.3, 0.4) is 0 Å². The quantitative estimate of drug-likeness (QED) is 0.392. The van der Waals surface area contributed by atoms with Crippen molar-refractivity contribution in [1.29, 1.82) is 0 Å². The minimum atomic E-state index is -1.12. The van der Waals surface area contributed by atoms with Crippen LogP contribution in [0.25, 0.3) is 11.1 Å². The van der Waals surface area contributed by atoms with Crippen LogP contribution in [0, 0.1) is 5.41 Å². The number of carboxylic acid groups (broad SMARTS) is 1. The van der Waals surface area contributed by atoms with Crippen molar-refractivity contribution in [1.82, 2.24) is 10.6 Å². The first kappa shape index (κ1) is 24.5. The molecule has 1 heterocycles. The summed E-state index contributed by atoms with van der Waals surface area (Å²) in [6.07, 6.45) is -0.506. The number of carbonyl (C=O) groups is 3. The number of hydrogen-bond donors (Lipinski definition) is 3. The molecule has 1 aliphatic rings. The Kier molecular flexibility index (Phi) is 7.21. The van der Waals surface area contributed by atoms with E-state index in [2.05, 4.69) is 34.9 Å². The molecule has 0 bridgehead atoms. The molecular weight excluding hydrogens is 464 g/mol. The third-order valence-electron chi connectivity index (χ3n) is 6.07. The number of benzene rings is 2. The zero-order valence-electron chi connectivity index (χ0n) is 19.6. The van der Waals surface area contributed by atoms with E-state index in [0.29, 0.717) is 4.88 Å². The molecule has 1 atom stereocenters. The van der Waals surface area contributed by atoms with Gasteiger partial charge in [-0.15, -0.1) is 11.3 Å². The summed E-state index contributed by atoms with van der Waals surface area (Å²) in [6, 6.07) is 18.6. The van der Waals surface area contributed by atoms with E-state index in [1.54, 1.807) is 17.5 Å². The molecule has 35 heavy (non-hydrogen) atoms. The second-order valence-corrected chi connectivity index (χ2v) is 10.4. The summed E-state index contributed by atoms with van der Waals surface area (Å²) in [5.74, 6) is -1.54. The lowest BCUT2D eigenvalue weighted by Crippen LogP contribution is -2.40. The largest absolute Gasteiger partial charge is 0.479 e. The summed E-state index contributed by atoms with van der Waals surface area (Å²) in [5.41, 5.74) is 3.99. The standard InChI is InChI=1S/C27H28N2O5S/c1-27(2,14-23(30)29-24(25(31)32)22-12-7-13-35-22)16-28-26(33)34-15-21-19-10-5-3-8-17(19)18-9-4-6-11-20(18)21/h3-13,21,24H,14-16H2,1-2H3,(H,28,33)(H,29,30)(H,31,32). The van der Waals surface area contributed by atoms with Crippen molar-refractivity contribution in [2.75, 3.05) is 13.2 Å². The first-order valence-corrected chi connectivity index (χ1v) is 12.3. The first-order chi connectivity index (χ1) is 16.7. The molecule has 0 saturated heterocycles. The van der Waals surface area contributed by atoms with E-state index in [1.807, 2.05) is 38.1 Å². The highest BCUT2D eigenvalue weighted by Crippen LogP contribution is 2.44. The number of aliphatic carboxylic acids is 1. The van der Waals surface area contributed by atoms with Crippen molar-refractivity contribution in [3.63, 3.8) is 0 Å². The Morgan fingerprint density at radius 1 is 1.00 bits per heavy atom. The maximum absolute atomic E-state index is 12.5. The lowest BCUT2D eigenvalue weighted by Gasteiger charge is -2.25. The van der Waals surface area contributed by atoms with Crippen LogP contribution >= 0.6 is 11.3 Å². The summed E-state index contributed by atoms with van der Waals surface area (Å²) < 4.78 is 5.56. The maximum atomic E-state index is 12.5. The molecule has 0 spiro atoms. The monoisotopic (exact) mass is 492 g/mol. The molecule has 1 aliphatic carbocycles. The molecule has 8 heteroatoms. The van der Waals surface area contributed by atoms with Gasteiger partial charge in [-0.3, -0.25) is 4.79 Å². The molecule has 4 rings (SSSR count). The number of rotatable bonds is 9. The Labute approximate surface area is 208 Å². The molecule has 3 aromatic rings. The third-order valence-corrected chi connectivity index (χ3v) is 7.01. The number of carbonyl (C=O) groups excluding carboxylic acids is 2. The number of ether oxygens (including phenoxy) is 1. The molecule has 3 N–H and O–H groups in total. The van der Waals surface area contributed by atoms with Gasteiger partial charge in [0.2, 0.25) is 5.91 Å². The summed E-state index contributed by atoms with van der Waals surface area (Å²) in [4.78, 5) is 37.1. The molecule has 0 radical (unpaired) electrons. The summed E-state index contributed by atoms with van der Waals surface area (Å²) in [7, 11) is 0. The zero-order valence-corrected chi connectivity index (χ0v) is 20.4. The summed E-state index contributed by atoms with van der Waals surface area (Å²) in [6.45, 7) is 4.07. The van der Waals surface area contributed by atoms with Crippen molar-refractivity contribution in [2.24, 2.45) is 5.41 Å². The number of amides is 2. The van der Waals surface area contributed by atoms with Crippen molar-refractivity contribution in [3.05, 3.63) is 82.0 Å². The highest BCUT2D eigenvalue weighted by molar-refractivity contribution is 7.10. The van der Waals surface area contributed by atoms with Gasteiger partial charge in [0.25, 0.3) is 0 Å². The van der Waals surface area contributed by atoms with Crippen LogP contribution in [-0.2, 0) is 14.3 Å². The summed E-state index contributed by atoms with van der Waals surface area (Å²) >= 11 is 1.27. The zero-order chi connectivity index (χ0) is 25.0. The predicted molar refractivity (Wildman–Crippen MR) is 134 cm³/mol. The molecule has 0 aliphatic heterocycles. The van der Waals surface area contributed by atoms with E-state index in [0.717, 1.165) is 22.3 Å². The average Bonchev–Trinajstić information content (AvgIpc) is 3.46. The number of carboxylic acids is 1. The van der Waals surface area contributed by atoms with E-state index in [9.17, 15) is 19.5 Å². The van der Waals surface area contributed by atoms with Crippen molar-refractivity contribution in [2.45, 2.75) is 32.2 Å². The Morgan fingerprint density at radius 2 is 1.63 bits per heavy atom. The number of nitrogens with one attached hydrogen (secondary N) is 2. The van der Waals surface area contributed by atoms with Crippen LogP contribution in [0.2, 0.25) is 0 Å². The van der Waals surface area contributed by atoms with Gasteiger partial charge in [-0.25, -0.2) is 9.59 Å². The van der Waals surface area contributed by atoms with Crippen LogP contribution in [0.4, 0.5) is 4.79 Å². The molecule has 1 unspecified atom stereocenters. The smallest absolute Gasteiger partial charge is 0.407 e. The van der Waals surface area contributed by atoms with Crippen LogP contribution in [0.1, 0.15) is 48.2 Å². The summed E-state index contributed by atoms with van der Waals surface area (Å²) in [5, 5.41) is 16.5. The van der Waals surface area contributed by atoms with E-state index >= 15 is 0 Å². The van der Waals surface area contributed by atoms with E-state index in [-0.39, 0.29) is 25.5 Å². The molecule has 0 saturated carbocycles.